The Labute approximate surface area is 185 Å². The van der Waals surface area contributed by atoms with Gasteiger partial charge in [-0.2, -0.15) is 0 Å². The zero-order valence-electron chi connectivity index (χ0n) is 16.8. The minimum Gasteiger partial charge on any atom is -0.351 e. The highest BCUT2D eigenvalue weighted by Crippen LogP contribution is 2.42. The Morgan fingerprint density at radius 1 is 0.968 bits per heavy atom. The molecule has 154 valence electrons. The number of hydrogen-bond donors (Lipinski definition) is 1. The monoisotopic (exact) mass is 429 g/mol. The fraction of sp³-hybridized carbons (Fsp3) is 0.125. The van der Waals surface area contributed by atoms with E-state index in [1.807, 2.05) is 60.6 Å². The molecule has 31 heavy (non-hydrogen) atoms. The maximum Gasteiger partial charge on any atom is 0.174 e. The minimum absolute atomic E-state index is 0.183. The van der Waals surface area contributed by atoms with Gasteiger partial charge in [-0.25, -0.2) is 9.37 Å². The molecular formula is C24H20FN5S. The molecule has 1 aromatic carbocycles. The summed E-state index contributed by atoms with van der Waals surface area (Å²) in [5.74, 6) is 0.536. The summed E-state index contributed by atoms with van der Waals surface area (Å²) in [7, 11) is 0. The van der Waals surface area contributed by atoms with Gasteiger partial charge in [0.2, 0.25) is 0 Å². The molecule has 0 radical (unpaired) electrons. The summed E-state index contributed by atoms with van der Waals surface area (Å²) in [6, 6.07) is 19.9. The molecule has 1 N–H and O–H groups in total. The van der Waals surface area contributed by atoms with E-state index in [0.29, 0.717) is 5.11 Å². The van der Waals surface area contributed by atoms with Crippen LogP contribution in [0.15, 0.2) is 85.3 Å². The molecule has 5 rings (SSSR count). The van der Waals surface area contributed by atoms with Gasteiger partial charge in [0.25, 0.3) is 0 Å². The van der Waals surface area contributed by atoms with Crippen LogP contribution in [0.3, 0.4) is 0 Å². The van der Waals surface area contributed by atoms with Crippen molar-refractivity contribution in [2.45, 2.75) is 19.0 Å². The average Bonchev–Trinajstić information content (AvgIpc) is 3.40. The third kappa shape index (κ3) is 3.57. The Bertz CT molecular complexity index is 1200. The van der Waals surface area contributed by atoms with Gasteiger partial charge >= 0.3 is 0 Å². The summed E-state index contributed by atoms with van der Waals surface area (Å²) < 4.78 is 15.7. The van der Waals surface area contributed by atoms with Crippen LogP contribution in [0.5, 0.6) is 0 Å². The van der Waals surface area contributed by atoms with E-state index in [2.05, 4.69) is 25.9 Å². The van der Waals surface area contributed by atoms with Gasteiger partial charge in [0, 0.05) is 30.0 Å². The molecule has 2 unspecified atom stereocenters. The van der Waals surface area contributed by atoms with E-state index < -0.39 is 0 Å². The van der Waals surface area contributed by atoms with Crippen molar-refractivity contribution in [3.05, 3.63) is 108 Å². The predicted octanol–water partition coefficient (Wildman–Crippen LogP) is 4.89. The van der Waals surface area contributed by atoms with Crippen molar-refractivity contribution in [3.63, 3.8) is 0 Å². The molecule has 7 heteroatoms. The van der Waals surface area contributed by atoms with Gasteiger partial charge < -0.3 is 14.8 Å². The lowest BCUT2D eigenvalue weighted by atomic mass is 10.0. The van der Waals surface area contributed by atoms with Crippen LogP contribution in [-0.2, 0) is 0 Å². The number of rotatable bonds is 4. The summed E-state index contributed by atoms with van der Waals surface area (Å²) in [4.78, 5) is 11.2. The van der Waals surface area contributed by atoms with Crippen molar-refractivity contribution < 1.29 is 4.39 Å². The number of benzene rings is 1. The van der Waals surface area contributed by atoms with Gasteiger partial charge in [-0.1, -0.05) is 12.1 Å². The van der Waals surface area contributed by atoms with Gasteiger partial charge in [0.15, 0.2) is 5.11 Å². The second kappa shape index (κ2) is 7.92. The highest BCUT2D eigenvalue weighted by molar-refractivity contribution is 7.80. The predicted molar refractivity (Wildman–Crippen MR) is 123 cm³/mol. The first kappa shape index (κ1) is 19.4. The van der Waals surface area contributed by atoms with Crippen LogP contribution in [0.4, 0.5) is 10.1 Å². The molecule has 3 aromatic heterocycles. The lowest BCUT2D eigenvalue weighted by molar-refractivity contribution is 0.548. The number of halogens is 1. The topological polar surface area (TPSA) is 46.0 Å². The van der Waals surface area contributed by atoms with Gasteiger partial charge in [0.05, 0.1) is 11.7 Å². The Morgan fingerprint density at radius 3 is 2.52 bits per heavy atom. The first-order valence-corrected chi connectivity index (χ1v) is 10.4. The molecular weight excluding hydrogens is 409 g/mol. The first-order valence-electron chi connectivity index (χ1n) is 9.98. The molecule has 0 bridgehead atoms. The van der Waals surface area contributed by atoms with Gasteiger partial charge in [-0.05, 0) is 79.3 Å². The van der Waals surface area contributed by atoms with E-state index in [0.717, 1.165) is 28.5 Å². The van der Waals surface area contributed by atoms with Crippen LogP contribution in [0, 0.1) is 12.7 Å². The van der Waals surface area contributed by atoms with E-state index in [1.54, 1.807) is 18.3 Å². The number of pyridine rings is 2. The smallest absolute Gasteiger partial charge is 0.174 e. The van der Waals surface area contributed by atoms with Crippen molar-refractivity contribution >= 4 is 23.0 Å². The molecule has 0 spiro atoms. The Balaban J connectivity index is 1.66. The highest BCUT2D eigenvalue weighted by Gasteiger charge is 2.42. The van der Waals surface area contributed by atoms with E-state index in [9.17, 15) is 4.39 Å². The van der Waals surface area contributed by atoms with Gasteiger partial charge in [0.1, 0.15) is 17.7 Å². The number of thiocarbonyl (C=S) groups is 1. The summed E-state index contributed by atoms with van der Waals surface area (Å²) in [5.41, 5.74) is 3.79. The zero-order valence-corrected chi connectivity index (χ0v) is 17.6. The molecule has 1 aliphatic rings. The second-order valence-electron chi connectivity index (χ2n) is 7.47. The molecule has 0 aliphatic carbocycles. The lowest BCUT2D eigenvalue weighted by Gasteiger charge is -2.28. The van der Waals surface area contributed by atoms with Gasteiger partial charge in [-0.3, -0.25) is 4.98 Å². The van der Waals surface area contributed by atoms with Crippen molar-refractivity contribution in [1.82, 2.24) is 19.9 Å². The maximum absolute atomic E-state index is 13.6. The normalized spacial score (nSPS) is 18.3. The maximum atomic E-state index is 13.6. The van der Waals surface area contributed by atoms with E-state index in [1.165, 1.54) is 12.1 Å². The Morgan fingerprint density at radius 2 is 1.81 bits per heavy atom. The quantitative estimate of drug-likeness (QED) is 0.468. The largest absolute Gasteiger partial charge is 0.351 e. The standard InChI is InChI=1S/C24H20FN5S/c1-16-7-12-21(27-15-16)29-14-4-6-20(29)23-22(19-5-2-3-13-26-19)28-24(31)30(23)18-10-8-17(25)9-11-18/h2-15,22-23H,1H3,(H,28,31). The number of anilines is 1. The summed E-state index contributed by atoms with van der Waals surface area (Å²) >= 11 is 5.73. The molecule has 5 nitrogen and oxygen atoms in total. The zero-order chi connectivity index (χ0) is 21.4. The number of aromatic nitrogens is 3. The van der Waals surface area contributed by atoms with Crippen molar-refractivity contribution in [1.29, 1.82) is 0 Å². The summed E-state index contributed by atoms with van der Waals surface area (Å²) in [6.45, 7) is 2.01. The Hall–Kier alpha value is -3.58. The molecule has 0 amide bonds. The number of aryl methyl sites for hydroxylation is 1. The molecule has 0 saturated carbocycles. The SMILES string of the molecule is Cc1ccc(-n2cccc2C2C(c3ccccn3)NC(=S)N2c2ccc(F)cc2)nc1. The molecule has 4 aromatic rings. The summed E-state index contributed by atoms with van der Waals surface area (Å²) in [5, 5.41) is 3.99. The van der Waals surface area contributed by atoms with Crippen molar-refractivity contribution in [3.8, 4) is 5.82 Å². The number of nitrogens with one attached hydrogen (secondary N) is 1. The van der Waals surface area contributed by atoms with Crippen LogP contribution in [-0.4, -0.2) is 19.6 Å². The van der Waals surface area contributed by atoms with Gasteiger partial charge in [-0.15, -0.1) is 0 Å². The summed E-state index contributed by atoms with van der Waals surface area (Å²) in [6.07, 6.45) is 5.62. The molecule has 4 heterocycles. The highest BCUT2D eigenvalue weighted by atomic mass is 32.1. The van der Waals surface area contributed by atoms with Crippen LogP contribution in [0.1, 0.15) is 29.0 Å². The number of nitrogens with zero attached hydrogens (tertiary/aromatic N) is 4. The van der Waals surface area contributed by atoms with Crippen LogP contribution < -0.4 is 10.2 Å². The Kier molecular flexibility index (Phi) is 4.95. The lowest BCUT2D eigenvalue weighted by Crippen LogP contribution is -2.30. The molecule has 1 fully saturated rings. The fourth-order valence-corrected chi connectivity index (χ4v) is 4.33. The molecule has 1 aliphatic heterocycles. The van der Waals surface area contributed by atoms with Crippen LogP contribution >= 0.6 is 12.2 Å². The van der Waals surface area contributed by atoms with E-state index in [-0.39, 0.29) is 17.9 Å². The third-order valence-corrected chi connectivity index (χ3v) is 5.74. The minimum atomic E-state index is -0.285. The fourth-order valence-electron chi connectivity index (χ4n) is 3.98. The molecule has 1 saturated heterocycles. The number of hydrogen-bond acceptors (Lipinski definition) is 3. The van der Waals surface area contributed by atoms with E-state index in [4.69, 9.17) is 12.2 Å². The van der Waals surface area contributed by atoms with Crippen LogP contribution in [0.25, 0.3) is 5.82 Å². The van der Waals surface area contributed by atoms with Crippen molar-refractivity contribution in [2.75, 3.05) is 4.90 Å². The molecule has 2 atom stereocenters. The first-order chi connectivity index (χ1) is 15.1. The second-order valence-corrected chi connectivity index (χ2v) is 7.86. The van der Waals surface area contributed by atoms with Crippen molar-refractivity contribution in [2.24, 2.45) is 0 Å². The average molecular weight is 430 g/mol. The van der Waals surface area contributed by atoms with E-state index >= 15 is 0 Å². The van der Waals surface area contributed by atoms with Crippen LogP contribution in [0.2, 0.25) is 0 Å². The third-order valence-electron chi connectivity index (χ3n) is 5.43.